The monoisotopic (exact) mass is 284 g/mol. The zero-order valence-corrected chi connectivity index (χ0v) is 12.4. The van der Waals surface area contributed by atoms with Crippen molar-refractivity contribution in [2.45, 2.75) is 19.4 Å². The minimum absolute atomic E-state index is 0.0812. The van der Waals surface area contributed by atoms with Crippen LogP contribution in [0.1, 0.15) is 24.2 Å². The van der Waals surface area contributed by atoms with Gasteiger partial charge >= 0.3 is 0 Å². The third-order valence-electron chi connectivity index (χ3n) is 3.44. The van der Waals surface area contributed by atoms with E-state index < -0.39 is 0 Å². The molecule has 110 valence electrons. The van der Waals surface area contributed by atoms with Crippen LogP contribution in [0.25, 0.3) is 0 Å². The zero-order chi connectivity index (χ0) is 15.1. The van der Waals surface area contributed by atoms with Gasteiger partial charge in [-0.2, -0.15) is 10.4 Å². The minimum Gasteiger partial charge on any atom is -0.479 e. The topological polar surface area (TPSA) is 62.9 Å². The molecule has 0 saturated carbocycles. The van der Waals surface area contributed by atoms with E-state index in [2.05, 4.69) is 17.3 Å². The smallest absolute Gasteiger partial charge is 0.174 e. The van der Waals surface area contributed by atoms with E-state index >= 15 is 0 Å². The number of hydrogen-bond donors (Lipinski definition) is 1. The summed E-state index contributed by atoms with van der Waals surface area (Å²) in [6.45, 7) is 3.11. The first kappa shape index (κ1) is 15.1. The molecular formula is C16H20N4O. The highest BCUT2D eigenvalue weighted by atomic mass is 16.5. The Hall–Kier alpha value is -2.32. The van der Waals surface area contributed by atoms with Gasteiger partial charge in [-0.3, -0.25) is 4.68 Å². The van der Waals surface area contributed by atoms with Gasteiger partial charge in [0.25, 0.3) is 0 Å². The fraction of sp³-hybridized carbons (Fsp3) is 0.375. The van der Waals surface area contributed by atoms with Gasteiger partial charge < -0.3 is 10.1 Å². The third-order valence-corrected chi connectivity index (χ3v) is 3.44. The maximum absolute atomic E-state index is 8.47. The molecule has 0 saturated heterocycles. The molecule has 1 N–H and O–H groups in total. The molecule has 5 heteroatoms. The van der Waals surface area contributed by atoms with Crippen LogP contribution >= 0.6 is 0 Å². The van der Waals surface area contributed by atoms with Crippen molar-refractivity contribution in [2.75, 3.05) is 13.2 Å². The van der Waals surface area contributed by atoms with Crippen molar-refractivity contribution in [3.63, 3.8) is 0 Å². The first-order valence-electron chi connectivity index (χ1n) is 7.00. The average Bonchev–Trinajstić information content (AvgIpc) is 2.91. The minimum atomic E-state index is 0.0812. The van der Waals surface area contributed by atoms with Crippen LogP contribution in [0, 0.1) is 11.3 Å². The van der Waals surface area contributed by atoms with Crippen molar-refractivity contribution in [3.8, 4) is 11.8 Å². The molecule has 1 aromatic heterocycles. The first-order valence-corrected chi connectivity index (χ1v) is 7.00. The normalized spacial score (nSPS) is 11.9. The zero-order valence-electron chi connectivity index (χ0n) is 12.4. The van der Waals surface area contributed by atoms with Crippen LogP contribution in [0.5, 0.6) is 5.75 Å². The predicted molar refractivity (Wildman–Crippen MR) is 80.9 cm³/mol. The fourth-order valence-electron chi connectivity index (χ4n) is 2.15. The number of aromatic nitrogens is 2. The summed E-state index contributed by atoms with van der Waals surface area (Å²) >= 11 is 0. The van der Waals surface area contributed by atoms with Gasteiger partial charge in [-0.1, -0.05) is 12.1 Å². The summed E-state index contributed by atoms with van der Waals surface area (Å²) in [6, 6.07) is 12.1. The summed E-state index contributed by atoms with van der Waals surface area (Å²) in [6.07, 6.45) is 2.77. The second kappa shape index (κ2) is 7.46. The van der Waals surface area contributed by atoms with Gasteiger partial charge in [0.1, 0.15) is 11.8 Å². The van der Waals surface area contributed by atoms with E-state index in [-0.39, 0.29) is 12.6 Å². The van der Waals surface area contributed by atoms with Crippen LogP contribution in [-0.4, -0.2) is 22.9 Å². The molecule has 0 aliphatic carbocycles. The summed E-state index contributed by atoms with van der Waals surface area (Å²) in [7, 11) is 1.96. The molecule has 21 heavy (non-hydrogen) atoms. The molecule has 0 spiro atoms. The summed E-state index contributed by atoms with van der Waals surface area (Å²) < 4.78 is 7.14. The van der Waals surface area contributed by atoms with E-state index in [9.17, 15) is 0 Å². The Morgan fingerprint density at radius 2 is 2.10 bits per heavy atom. The SMILES string of the molecule is CC(NCCc1ccnn1C)c1ccc(OCC#N)cc1. The Labute approximate surface area is 125 Å². The lowest BCUT2D eigenvalue weighted by Gasteiger charge is -2.14. The van der Waals surface area contributed by atoms with E-state index in [1.165, 1.54) is 11.3 Å². The van der Waals surface area contributed by atoms with Gasteiger partial charge in [0.05, 0.1) is 0 Å². The summed E-state index contributed by atoms with van der Waals surface area (Å²) in [4.78, 5) is 0. The van der Waals surface area contributed by atoms with Crippen molar-refractivity contribution in [3.05, 3.63) is 47.8 Å². The Morgan fingerprint density at radius 1 is 1.33 bits per heavy atom. The quantitative estimate of drug-likeness (QED) is 0.846. The van der Waals surface area contributed by atoms with Gasteiger partial charge in [0, 0.05) is 37.9 Å². The van der Waals surface area contributed by atoms with Gasteiger partial charge in [-0.25, -0.2) is 0 Å². The number of rotatable bonds is 7. The maximum atomic E-state index is 8.47. The number of nitriles is 1. The van der Waals surface area contributed by atoms with Crippen molar-refractivity contribution >= 4 is 0 Å². The molecule has 1 aromatic carbocycles. The lowest BCUT2D eigenvalue weighted by molar-refractivity contribution is 0.368. The van der Waals surface area contributed by atoms with Crippen molar-refractivity contribution < 1.29 is 4.74 Å². The summed E-state index contributed by atoms with van der Waals surface area (Å²) in [5.74, 6) is 0.724. The van der Waals surface area contributed by atoms with Crippen molar-refractivity contribution in [2.24, 2.45) is 7.05 Å². The molecule has 1 unspecified atom stereocenters. The van der Waals surface area contributed by atoms with E-state index in [0.717, 1.165) is 18.7 Å². The molecule has 0 aliphatic rings. The molecular weight excluding hydrogens is 264 g/mol. The maximum Gasteiger partial charge on any atom is 0.174 e. The van der Waals surface area contributed by atoms with Crippen LogP contribution in [0.2, 0.25) is 0 Å². The molecule has 0 radical (unpaired) electrons. The van der Waals surface area contributed by atoms with Gasteiger partial charge in [0.2, 0.25) is 0 Å². The third kappa shape index (κ3) is 4.33. The van der Waals surface area contributed by atoms with Crippen LogP contribution in [0.4, 0.5) is 0 Å². The van der Waals surface area contributed by atoms with E-state index in [1.54, 1.807) is 0 Å². The average molecular weight is 284 g/mol. The highest BCUT2D eigenvalue weighted by molar-refractivity contribution is 5.29. The van der Waals surface area contributed by atoms with Crippen molar-refractivity contribution in [1.29, 1.82) is 5.26 Å². The Balaban J connectivity index is 1.81. The van der Waals surface area contributed by atoms with Crippen LogP contribution in [-0.2, 0) is 13.5 Å². The second-order valence-electron chi connectivity index (χ2n) is 4.89. The Kier molecular flexibility index (Phi) is 5.35. The predicted octanol–water partition coefficient (Wildman–Crippen LogP) is 2.22. The number of hydrogen-bond acceptors (Lipinski definition) is 4. The van der Waals surface area contributed by atoms with Crippen LogP contribution in [0.15, 0.2) is 36.5 Å². The first-order chi connectivity index (χ1) is 10.2. The second-order valence-corrected chi connectivity index (χ2v) is 4.89. The van der Waals surface area contributed by atoms with Crippen LogP contribution in [0.3, 0.4) is 0 Å². The number of nitrogens with one attached hydrogen (secondary N) is 1. The molecule has 0 fully saturated rings. The standard InChI is InChI=1S/C16H20N4O/c1-13(18-10-7-15-8-11-19-20(15)2)14-3-5-16(6-4-14)21-12-9-17/h3-6,8,11,13,18H,7,10,12H2,1-2H3. The molecule has 0 aliphatic heterocycles. The molecule has 0 bridgehead atoms. The highest BCUT2D eigenvalue weighted by Gasteiger charge is 2.06. The molecule has 2 aromatic rings. The lowest BCUT2D eigenvalue weighted by Crippen LogP contribution is -2.22. The molecule has 0 amide bonds. The van der Waals surface area contributed by atoms with E-state index in [4.69, 9.17) is 10.00 Å². The molecule has 1 atom stereocenters. The summed E-state index contributed by atoms with van der Waals surface area (Å²) in [5.41, 5.74) is 2.42. The number of aryl methyl sites for hydroxylation is 1. The molecule has 2 rings (SSSR count). The number of nitrogens with zero attached hydrogens (tertiary/aromatic N) is 3. The van der Waals surface area contributed by atoms with Gasteiger partial charge in [-0.05, 0) is 30.7 Å². The van der Waals surface area contributed by atoms with E-state index in [0.29, 0.717) is 0 Å². The lowest BCUT2D eigenvalue weighted by atomic mass is 10.1. The molecule has 1 heterocycles. The molecule has 5 nitrogen and oxygen atoms in total. The van der Waals surface area contributed by atoms with Gasteiger partial charge in [0.15, 0.2) is 6.61 Å². The highest BCUT2D eigenvalue weighted by Crippen LogP contribution is 2.17. The van der Waals surface area contributed by atoms with Crippen LogP contribution < -0.4 is 10.1 Å². The largest absolute Gasteiger partial charge is 0.479 e. The van der Waals surface area contributed by atoms with Crippen molar-refractivity contribution in [1.82, 2.24) is 15.1 Å². The number of benzene rings is 1. The Morgan fingerprint density at radius 3 is 2.71 bits per heavy atom. The Bertz CT molecular complexity index is 597. The fourth-order valence-corrected chi connectivity index (χ4v) is 2.15. The number of ether oxygens (including phenoxy) is 1. The summed E-state index contributed by atoms with van der Waals surface area (Å²) in [5, 5.41) is 16.1. The van der Waals surface area contributed by atoms with Gasteiger partial charge in [-0.15, -0.1) is 0 Å². The van der Waals surface area contributed by atoms with E-state index in [1.807, 2.05) is 54.3 Å².